The van der Waals surface area contributed by atoms with Crippen molar-refractivity contribution in [2.24, 2.45) is 0 Å². The first-order valence-corrected chi connectivity index (χ1v) is 21.0. The van der Waals surface area contributed by atoms with Crippen LogP contribution in [0.25, 0.3) is 89.2 Å². The molecule has 8 bridgehead atoms. The Kier molecular flexibility index (Phi) is 9.61. The van der Waals surface area contributed by atoms with Crippen LogP contribution in [-0.2, 0) is 0 Å². The normalized spacial score (nSPS) is 12.0. The van der Waals surface area contributed by atoms with Crippen LogP contribution in [0.5, 0.6) is 5.75 Å². The van der Waals surface area contributed by atoms with E-state index in [0.717, 1.165) is 111 Å². The van der Waals surface area contributed by atoms with E-state index in [-0.39, 0.29) is 0 Å². The van der Waals surface area contributed by atoms with Gasteiger partial charge in [0.1, 0.15) is 5.75 Å². The van der Waals surface area contributed by atoms with Gasteiger partial charge in [0.25, 0.3) is 0 Å². The Balaban J connectivity index is 1.48. The van der Waals surface area contributed by atoms with Gasteiger partial charge in [-0.3, -0.25) is 0 Å². The number of rotatable bonds is 5. The molecule has 3 aromatic heterocycles. The monoisotopic (exact) mass is 973 g/mol. The van der Waals surface area contributed by atoms with Gasteiger partial charge in [-0.2, -0.15) is 0 Å². The standard InChI is InChI=1S/C45H27Br4N3OS/c1-53-39-21-14-31(49)24-32(39)45-38-20-18-36(52-38)43(26-4-10-29(47)11-5-26)34-16-15-33(50-34)42(25-2-8-28(46)9-3-25)35-17-19-37(51-35)44(40-22-23-41(45)54-40)27-6-12-30(48)13-7-27/h2-24,50H,1H3. The van der Waals surface area contributed by atoms with E-state index in [1.165, 1.54) is 0 Å². The highest BCUT2D eigenvalue weighted by atomic mass is 79.9. The number of ether oxygens (including phenoxy) is 1. The molecule has 0 aliphatic carbocycles. The van der Waals surface area contributed by atoms with Gasteiger partial charge in [0.05, 0.1) is 29.9 Å². The first kappa shape index (κ1) is 35.3. The van der Waals surface area contributed by atoms with Crippen molar-refractivity contribution in [2.45, 2.75) is 0 Å². The molecule has 0 saturated carbocycles. The van der Waals surface area contributed by atoms with E-state index in [1.807, 2.05) is 12.1 Å². The van der Waals surface area contributed by atoms with Crippen molar-refractivity contribution in [3.8, 4) is 50.3 Å². The minimum Gasteiger partial charge on any atom is -0.496 e. The number of halogens is 4. The van der Waals surface area contributed by atoms with E-state index in [1.54, 1.807) is 18.4 Å². The van der Waals surface area contributed by atoms with E-state index in [4.69, 9.17) is 14.7 Å². The predicted octanol–water partition coefficient (Wildman–Crippen LogP) is 15.1. The minimum atomic E-state index is 0.767. The largest absolute Gasteiger partial charge is 0.496 e. The Morgan fingerprint density at radius 1 is 0.463 bits per heavy atom. The van der Waals surface area contributed by atoms with Gasteiger partial charge in [0.15, 0.2) is 0 Å². The second kappa shape index (κ2) is 14.7. The van der Waals surface area contributed by atoms with Crippen molar-refractivity contribution in [3.05, 3.63) is 156 Å². The lowest BCUT2D eigenvalue weighted by atomic mass is 10.0. The fourth-order valence-corrected chi connectivity index (χ4v) is 9.30. The Hall–Kier alpha value is -4.38. The van der Waals surface area contributed by atoms with Crippen LogP contribution in [0, 0.1) is 0 Å². The molecule has 2 aliphatic rings. The first-order chi connectivity index (χ1) is 26.3. The predicted molar refractivity (Wildman–Crippen MR) is 241 cm³/mol. The third-order valence-electron chi connectivity index (χ3n) is 9.46. The Morgan fingerprint density at radius 2 is 0.870 bits per heavy atom. The quantitative estimate of drug-likeness (QED) is 0.187. The number of nitrogens with one attached hydrogen (secondary N) is 1. The zero-order chi connectivity index (χ0) is 36.9. The van der Waals surface area contributed by atoms with Crippen molar-refractivity contribution < 1.29 is 4.74 Å². The molecular weight excluding hydrogens is 950 g/mol. The van der Waals surface area contributed by atoms with E-state index < -0.39 is 0 Å². The molecule has 0 spiro atoms. The van der Waals surface area contributed by atoms with Crippen LogP contribution in [0.15, 0.2) is 133 Å². The topological polar surface area (TPSA) is 50.8 Å². The lowest BCUT2D eigenvalue weighted by molar-refractivity contribution is 0.416. The van der Waals surface area contributed by atoms with Gasteiger partial charge in [-0.15, -0.1) is 11.3 Å². The fraction of sp³-hybridized carbons (Fsp3) is 0.0222. The first-order valence-electron chi connectivity index (χ1n) is 17.0. The Bertz CT molecular complexity index is 2790. The van der Waals surface area contributed by atoms with Crippen molar-refractivity contribution in [2.75, 3.05) is 7.11 Å². The molecule has 0 fully saturated rings. The lowest BCUT2D eigenvalue weighted by Crippen LogP contribution is -1.91. The van der Waals surface area contributed by atoms with E-state index in [2.05, 4.69) is 196 Å². The number of aromatic nitrogens is 3. The van der Waals surface area contributed by atoms with Gasteiger partial charge in [0.2, 0.25) is 0 Å². The van der Waals surface area contributed by atoms with Crippen LogP contribution in [0.3, 0.4) is 0 Å². The lowest BCUT2D eigenvalue weighted by Gasteiger charge is -2.10. The van der Waals surface area contributed by atoms with Crippen molar-refractivity contribution >= 4 is 120 Å². The summed E-state index contributed by atoms with van der Waals surface area (Å²) in [5.41, 5.74) is 13.6. The number of methoxy groups -OCH3 is 1. The van der Waals surface area contributed by atoms with E-state index >= 15 is 0 Å². The molecule has 0 unspecified atom stereocenters. The average molecular weight is 977 g/mol. The molecule has 0 radical (unpaired) electrons. The molecule has 4 nitrogen and oxygen atoms in total. The summed E-state index contributed by atoms with van der Waals surface area (Å²) in [6.07, 6.45) is 8.51. The molecule has 262 valence electrons. The Morgan fingerprint density at radius 3 is 1.35 bits per heavy atom. The summed E-state index contributed by atoms with van der Waals surface area (Å²) in [7, 11) is 1.71. The van der Waals surface area contributed by atoms with Crippen LogP contribution in [0.4, 0.5) is 0 Å². The highest BCUT2D eigenvalue weighted by Crippen LogP contribution is 2.44. The molecule has 0 amide bonds. The van der Waals surface area contributed by atoms with E-state index in [9.17, 15) is 0 Å². The SMILES string of the molecule is COc1ccc(Br)cc1-c1c2nc(c(-c3ccc(Br)cc3)c3ccc([nH]3)c(-c3ccc(Br)cc3)c3nc(c(-c4ccc(Br)cc4)c4ccc1s4)C=C3)C=C2. The molecule has 1 N–H and O–H groups in total. The summed E-state index contributed by atoms with van der Waals surface area (Å²) in [6.45, 7) is 0. The number of thiophene rings is 1. The highest BCUT2D eigenvalue weighted by molar-refractivity contribution is 9.11. The number of aromatic amines is 1. The zero-order valence-electron chi connectivity index (χ0n) is 28.5. The molecular formula is C45H27Br4N3OS. The van der Waals surface area contributed by atoms with Crippen molar-refractivity contribution in [1.82, 2.24) is 15.0 Å². The summed E-state index contributed by atoms with van der Waals surface area (Å²) in [4.78, 5) is 14.7. The van der Waals surface area contributed by atoms with Crippen LogP contribution < -0.4 is 4.74 Å². The molecule has 5 heterocycles. The van der Waals surface area contributed by atoms with Gasteiger partial charge < -0.3 is 9.72 Å². The maximum atomic E-state index is 5.98. The number of benzene rings is 4. The summed E-state index contributed by atoms with van der Waals surface area (Å²) in [5.74, 6) is 0.767. The van der Waals surface area contributed by atoms with Crippen LogP contribution >= 0.6 is 75.1 Å². The second-order valence-electron chi connectivity index (χ2n) is 12.7. The molecule has 9 rings (SSSR count). The molecule has 9 heteroatoms. The third-order valence-corrected chi connectivity index (χ3v) is 12.7. The number of nitrogens with zero attached hydrogens (tertiary/aromatic N) is 2. The maximum Gasteiger partial charge on any atom is 0.126 e. The smallest absolute Gasteiger partial charge is 0.126 e. The second-order valence-corrected chi connectivity index (χ2v) is 17.5. The van der Waals surface area contributed by atoms with Crippen molar-refractivity contribution in [3.63, 3.8) is 0 Å². The van der Waals surface area contributed by atoms with Gasteiger partial charge in [-0.05, 0) is 120 Å². The molecule has 2 aliphatic heterocycles. The molecule has 7 aromatic rings. The summed E-state index contributed by atoms with van der Waals surface area (Å²) >= 11 is 16.4. The molecule has 0 atom stereocenters. The molecule has 0 saturated heterocycles. The highest BCUT2D eigenvalue weighted by Gasteiger charge is 2.20. The maximum absolute atomic E-state index is 5.98. The summed E-state index contributed by atoms with van der Waals surface area (Å²) < 4.78 is 12.1. The molecule has 54 heavy (non-hydrogen) atoms. The van der Waals surface area contributed by atoms with Gasteiger partial charge in [-0.25, -0.2) is 9.97 Å². The van der Waals surface area contributed by atoms with E-state index in [0.29, 0.717) is 0 Å². The number of hydrogen-bond donors (Lipinski definition) is 1. The van der Waals surface area contributed by atoms with Crippen LogP contribution in [0.1, 0.15) is 22.8 Å². The minimum absolute atomic E-state index is 0.767. The fourth-order valence-electron chi connectivity index (χ4n) is 7.00. The summed E-state index contributed by atoms with van der Waals surface area (Å²) in [5, 5.41) is 0. The number of H-pyrrole nitrogens is 1. The van der Waals surface area contributed by atoms with Crippen LogP contribution in [0.2, 0.25) is 0 Å². The number of hydrogen-bond acceptors (Lipinski definition) is 4. The van der Waals surface area contributed by atoms with Crippen molar-refractivity contribution in [1.29, 1.82) is 0 Å². The van der Waals surface area contributed by atoms with Crippen LogP contribution in [-0.4, -0.2) is 22.1 Å². The molecule has 4 aromatic carbocycles. The zero-order valence-corrected chi connectivity index (χ0v) is 35.7. The van der Waals surface area contributed by atoms with Gasteiger partial charge in [-0.1, -0.05) is 100 Å². The number of fused-ring (bicyclic) bond motifs is 8. The van der Waals surface area contributed by atoms with Gasteiger partial charge in [0, 0.05) is 66.1 Å². The van der Waals surface area contributed by atoms with Gasteiger partial charge >= 0.3 is 0 Å². The summed E-state index contributed by atoms with van der Waals surface area (Å²) in [6, 6.07) is 40.1. The third kappa shape index (κ3) is 6.66. The Labute approximate surface area is 349 Å². The average Bonchev–Trinajstić information content (AvgIpc) is 4.02.